The number of likely N-dealkylation sites (N-methyl/N-ethyl adjacent to an activating group) is 1. The highest BCUT2D eigenvalue weighted by molar-refractivity contribution is 6.31. The van der Waals surface area contributed by atoms with Crippen molar-refractivity contribution in [3.8, 4) is 5.75 Å². The highest BCUT2D eigenvalue weighted by atomic mass is 35.5. The van der Waals surface area contributed by atoms with E-state index in [0.29, 0.717) is 6.54 Å². The van der Waals surface area contributed by atoms with E-state index in [1.54, 1.807) is 25.4 Å². The lowest BCUT2D eigenvalue weighted by molar-refractivity contribution is 0.415. The first-order valence-corrected chi connectivity index (χ1v) is 8.32. The Kier molecular flexibility index (Phi) is 5.36. The number of benzene rings is 2. The fourth-order valence-electron chi connectivity index (χ4n) is 2.74. The van der Waals surface area contributed by atoms with Crippen molar-refractivity contribution < 1.29 is 9.13 Å². The van der Waals surface area contributed by atoms with Crippen LogP contribution in [0, 0.1) is 5.82 Å². The Morgan fingerprint density at radius 3 is 2.76 bits per heavy atom. The van der Waals surface area contributed by atoms with E-state index in [0.717, 1.165) is 34.6 Å². The van der Waals surface area contributed by atoms with Crippen LogP contribution >= 0.6 is 11.6 Å². The summed E-state index contributed by atoms with van der Waals surface area (Å²) in [5.41, 5.74) is 2.64. The molecule has 0 aliphatic heterocycles. The van der Waals surface area contributed by atoms with Gasteiger partial charge in [-0.15, -0.1) is 0 Å². The van der Waals surface area contributed by atoms with Crippen LogP contribution in [0.2, 0.25) is 5.02 Å². The van der Waals surface area contributed by atoms with E-state index >= 15 is 0 Å². The largest absolute Gasteiger partial charge is 0.497 e. The Labute approximate surface area is 151 Å². The van der Waals surface area contributed by atoms with Gasteiger partial charge in [0.25, 0.3) is 0 Å². The van der Waals surface area contributed by atoms with Crippen molar-refractivity contribution in [1.29, 1.82) is 0 Å². The van der Waals surface area contributed by atoms with Crippen LogP contribution in [0.15, 0.2) is 48.7 Å². The van der Waals surface area contributed by atoms with Crippen LogP contribution in [0.4, 0.5) is 15.8 Å². The zero-order valence-corrected chi connectivity index (χ0v) is 14.8. The van der Waals surface area contributed by atoms with Crippen molar-refractivity contribution >= 4 is 33.9 Å². The summed E-state index contributed by atoms with van der Waals surface area (Å²) in [6.45, 7) is 1.44. The Bertz CT molecular complexity index is 888. The average molecular weight is 360 g/mol. The lowest BCUT2D eigenvalue weighted by Gasteiger charge is -2.26. The van der Waals surface area contributed by atoms with Gasteiger partial charge in [-0.2, -0.15) is 0 Å². The maximum Gasteiger partial charge on any atom is 0.141 e. The summed E-state index contributed by atoms with van der Waals surface area (Å²) in [6.07, 6.45) is 1.77. The Hall–Kier alpha value is -2.37. The van der Waals surface area contributed by atoms with Gasteiger partial charge >= 0.3 is 0 Å². The van der Waals surface area contributed by atoms with E-state index in [-0.39, 0.29) is 5.02 Å². The minimum absolute atomic E-state index is 0.0999. The molecule has 6 heteroatoms. The SMILES string of the molecule is CNCCN(c1ccc(F)c(Cl)c1)c1ccnc2ccc(OC)cc12. The number of hydrogen-bond acceptors (Lipinski definition) is 4. The minimum atomic E-state index is -0.430. The molecular formula is C19H19ClFN3O. The molecule has 130 valence electrons. The predicted molar refractivity (Wildman–Crippen MR) is 101 cm³/mol. The molecule has 25 heavy (non-hydrogen) atoms. The molecule has 0 saturated heterocycles. The van der Waals surface area contributed by atoms with E-state index in [1.165, 1.54) is 6.07 Å². The maximum absolute atomic E-state index is 13.6. The normalized spacial score (nSPS) is 10.9. The summed E-state index contributed by atoms with van der Waals surface area (Å²) in [5, 5.41) is 4.20. The minimum Gasteiger partial charge on any atom is -0.497 e. The van der Waals surface area contributed by atoms with Gasteiger partial charge in [0.1, 0.15) is 11.6 Å². The smallest absolute Gasteiger partial charge is 0.141 e. The summed E-state index contributed by atoms with van der Waals surface area (Å²) in [7, 11) is 3.53. The molecule has 1 heterocycles. The quantitative estimate of drug-likeness (QED) is 0.708. The van der Waals surface area contributed by atoms with Crippen molar-refractivity contribution in [2.24, 2.45) is 0 Å². The van der Waals surface area contributed by atoms with Crippen molar-refractivity contribution in [1.82, 2.24) is 10.3 Å². The summed E-state index contributed by atoms with van der Waals surface area (Å²) in [6, 6.07) is 12.4. The van der Waals surface area contributed by atoms with Gasteiger partial charge in [0.15, 0.2) is 0 Å². The van der Waals surface area contributed by atoms with Gasteiger partial charge in [-0.3, -0.25) is 4.98 Å². The molecular weight excluding hydrogens is 341 g/mol. The van der Waals surface area contributed by atoms with E-state index in [4.69, 9.17) is 16.3 Å². The zero-order valence-electron chi connectivity index (χ0n) is 14.1. The second-order valence-electron chi connectivity index (χ2n) is 5.57. The molecule has 0 unspecified atom stereocenters. The van der Waals surface area contributed by atoms with E-state index in [1.807, 2.05) is 31.3 Å². The van der Waals surface area contributed by atoms with Gasteiger partial charge in [-0.1, -0.05) is 11.6 Å². The van der Waals surface area contributed by atoms with Gasteiger partial charge in [0.2, 0.25) is 0 Å². The van der Waals surface area contributed by atoms with Crippen LogP contribution in [0.5, 0.6) is 5.75 Å². The third-order valence-electron chi connectivity index (χ3n) is 4.02. The van der Waals surface area contributed by atoms with E-state index < -0.39 is 5.82 Å². The molecule has 0 aliphatic carbocycles. The number of nitrogens with zero attached hydrogens (tertiary/aromatic N) is 2. The van der Waals surface area contributed by atoms with Crippen LogP contribution < -0.4 is 15.0 Å². The number of pyridine rings is 1. The first kappa shape index (κ1) is 17.5. The molecule has 1 aromatic heterocycles. The van der Waals surface area contributed by atoms with Crippen LogP contribution in [-0.2, 0) is 0 Å². The number of hydrogen-bond donors (Lipinski definition) is 1. The molecule has 0 aliphatic rings. The summed E-state index contributed by atoms with van der Waals surface area (Å²) in [4.78, 5) is 6.51. The van der Waals surface area contributed by atoms with Gasteiger partial charge in [0, 0.05) is 30.4 Å². The number of ether oxygens (including phenoxy) is 1. The van der Waals surface area contributed by atoms with Gasteiger partial charge in [0.05, 0.1) is 23.3 Å². The lowest BCUT2D eigenvalue weighted by atomic mass is 10.1. The maximum atomic E-state index is 13.6. The molecule has 2 aromatic carbocycles. The van der Waals surface area contributed by atoms with Gasteiger partial charge < -0.3 is 15.0 Å². The number of methoxy groups -OCH3 is 1. The van der Waals surface area contributed by atoms with Crippen molar-refractivity contribution in [3.63, 3.8) is 0 Å². The second kappa shape index (κ2) is 7.68. The Morgan fingerprint density at radius 1 is 1.20 bits per heavy atom. The molecule has 0 fully saturated rings. The molecule has 0 saturated carbocycles. The van der Waals surface area contributed by atoms with Crippen LogP contribution in [0.3, 0.4) is 0 Å². The first-order valence-electron chi connectivity index (χ1n) is 7.94. The molecule has 3 aromatic rings. The fraction of sp³-hybridized carbons (Fsp3) is 0.211. The Morgan fingerprint density at radius 2 is 2.04 bits per heavy atom. The fourth-order valence-corrected chi connectivity index (χ4v) is 2.91. The topological polar surface area (TPSA) is 37.4 Å². The van der Waals surface area contributed by atoms with Crippen molar-refractivity contribution in [2.45, 2.75) is 0 Å². The third kappa shape index (κ3) is 3.67. The Balaban J connectivity index is 2.15. The van der Waals surface area contributed by atoms with Crippen LogP contribution in [-0.4, -0.2) is 32.2 Å². The number of rotatable bonds is 6. The second-order valence-corrected chi connectivity index (χ2v) is 5.97. The molecule has 3 rings (SSSR count). The van der Waals surface area contributed by atoms with Gasteiger partial charge in [-0.25, -0.2) is 4.39 Å². The lowest BCUT2D eigenvalue weighted by Crippen LogP contribution is -2.27. The van der Waals surface area contributed by atoms with Crippen LogP contribution in [0.1, 0.15) is 0 Å². The molecule has 0 bridgehead atoms. The predicted octanol–water partition coefficient (Wildman–Crippen LogP) is 4.39. The highest BCUT2D eigenvalue weighted by Gasteiger charge is 2.15. The number of halogens is 2. The number of anilines is 2. The highest BCUT2D eigenvalue weighted by Crippen LogP contribution is 2.34. The standard InChI is InChI=1S/C19H19ClFN3O/c1-22-9-10-24(13-3-5-17(21)16(20)11-13)19-7-8-23-18-6-4-14(25-2)12-15(18)19/h3-8,11-12,22H,9-10H2,1-2H3. The summed E-state index contributed by atoms with van der Waals surface area (Å²) >= 11 is 6.00. The molecule has 0 spiro atoms. The van der Waals surface area contributed by atoms with Crippen molar-refractivity contribution in [3.05, 3.63) is 59.5 Å². The summed E-state index contributed by atoms with van der Waals surface area (Å²) < 4.78 is 18.9. The zero-order chi connectivity index (χ0) is 17.8. The van der Waals surface area contributed by atoms with E-state index in [2.05, 4.69) is 15.2 Å². The average Bonchev–Trinajstić information content (AvgIpc) is 2.64. The van der Waals surface area contributed by atoms with Crippen molar-refractivity contribution in [2.75, 3.05) is 32.1 Å². The number of nitrogens with one attached hydrogen (secondary N) is 1. The number of aromatic nitrogens is 1. The van der Waals surface area contributed by atoms with Crippen LogP contribution in [0.25, 0.3) is 10.9 Å². The molecule has 4 nitrogen and oxygen atoms in total. The van der Waals surface area contributed by atoms with Gasteiger partial charge in [-0.05, 0) is 49.5 Å². The first-order chi connectivity index (χ1) is 12.1. The molecule has 0 radical (unpaired) electrons. The van der Waals surface area contributed by atoms with E-state index in [9.17, 15) is 4.39 Å². The molecule has 0 atom stereocenters. The number of fused-ring (bicyclic) bond motifs is 1. The molecule has 1 N–H and O–H groups in total. The third-order valence-corrected chi connectivity index (χ3v) is 4.31. The monoisotopic (exact) mass is 359 g/mol. The molecule has 0 amide bonds. The summed E-state index contributed by atoms with van der Waals surface area (Å²) in [5.74, 6) is 0.327.